The number of ether oxygens (including phenoxy) is 1. The highest BCUT2D eigenvalue weighted by Crippen LogP contribution is 2.33. The molecule has 0 saturated carbocycles. The van der Waals surface area contributed by atoms with Crippen LogP contribution in [0, 0.1) is 11.8 Å². The summed E-state index contributed by atoms with van der Waals surface area (Å²) in [5.41, 5.74) is 6.84. The molecule has 132 valence electrons. The number of nitrogens with one attached hydrogen (secondary N) is 1. The number of nitrogens with two attached hydrogens (primary N) is 1. The first-order valence-corrected chi connectivity index (χ1v) is 8.86. The molecule has 0 aromatic carbocycles. The molecule has 2 aliphatic rings. The Hall–Kier alpha value is -1.89. The predicted molar refractivity (Wildman–Crippen MR) is 94.0 cm³/mol. The molecule has 1 unspecified atom stereocenters. The number of carbonyl (C=O) groups is 1. The SMILES string of the molecule is CCC(C)CNc1nc(N)c2c(n1)N(CC1CCOCC1)C(=O)C2. The van der Waals surface area contributed by atoms with Gasteiger partial charge in [0.05, 0.1) is 6.42 Å². The van der Waals surface area contributed by atoms with E-state index in [1.54, 1.807) is 4.90 Å². The third-order valence-electron chi connectivity index (χ3n) is 4.99. The normalized spacial score (nSPS) is 19.4. The Morgan fingerprint density at radius 1 is 1.38 bits per heavy atom. The summed E-state index contributed by atoms with van der Waals surface area (Å²) in [6.45, 7) is 7.35. The van der Waals surface area contributed by atoms with Gasteiger partial charge < -0.3 is 15.8 Å². The van der Waals surface area contributed by atoms with E-state index < -0.39 is 0 Å². The Bertz CT molecular complexity index is 601. The first kappa shape index (κ1) is 17.0. The maximum atomic E-state index is 12.4. The van der Waals surface area contributed by atoms with Gasteiger partial charge >= 0.3 is 0 Å². The molecule has 1 fully saturated rings. The number of nitrogens with zero attached hydrogens (tertiary/aromatic N) is 3. The molecule has 3 N–H and O–H groups in total. The van der Waals surface area contributed by atoms with Crippen LogP contribution in [0.2, 0.25) is 0 Å². The minimum atomic E-state index is 0.0663. The standard InChI is InChI=1S/C17H27N5O2/c1-3-11(2)9-19-17-20-15(18)13-8-14(23)22(16(13)21-17)10-12-4-6-24-7-5-12/h11-12H,3-10H2,1-2H3,(H3,18,19,20,21). The molecule has 2 aliphatic heterocycles. The van der Waals surface area contributed by atoms with E-state index >= 15 is 0 Å². The van der Waals surface area contributed by atoms with Crippen molar-refractivity contribution in [1.29, 1.82) is 0 Å². The molecule has 0 radical (unpaired) electrons. The van der Waals surface area contributed by atoms with Gasteiger partial charge in [0.1, 0.15) is 11.6 Å². The summed E-state index contributed by atoms with van der Waals surface area (Å²) in [6, 6.07) is 0. The van der Waals surface area contributed by atoms with Crippen LogP contribution in [0.5, 0.6) is 0 Å². The van der Waals surface area contributed by atoms with Crippen molar-refractivity contribution in [3.8, 4) is 0 Å². The monoisotopic (exact) mass is 333 g/mol. The lowest BCUT2D eigenvalue weighted by molar-refractivity contribution is -0.117. The van der Waals surface area contributed by atoms with Crippen molar-refractivity contribution in [3.63, 3.8) is 0 Å². The number of rotatable bonds is 6. The molecule has 1 aromatic rings. The third kappa shape index (κ3) is 3.61. The second kappa shape index (κ2) is 7.34. The largest absolute Gasteiger partial charge is 0.383 e. The van der Waals surface area contributed by atoms with Crippen molar-refractivity contribution in [2.45, 2.75) is 39.5 Å². The Morgan fingerprint density at radius 3 is 2.83 bits per heavy atom. The Kier molecular flexibility index (Phi) is 5.18. The highest BCUT2D eigenvalue weighted by Gasteiger charge is 2.33. The van der Waals surface area contributed by atoms with E-state index in [2.05, 4.69) is 29.1 Å². The predicted octanol–water partition coefficient (Wildman–Crippen LogP) is 1.83. The number of carbonyl (C=O) groups excluding carboxylic acids is 1. The van der Waals surface area contributed by atoms with E-state index in [0.717, 1.165) is 44.6 Å². The van der Waals surface area contributed by atoms with Crippen LogP contribution in [-0.4, -0.2) is 42.2 Å². The Balaban J connectivity index is 1.77. The van der Waals surface area contributed by atoms with Gasteiger partial charge in [0.15, 0.2) is 0 Å². The van der Waals surface area contributed by atoms with Crippen LogP contribution in [-0.2, 0) is 16.0 Å². The van der Waals surface area contributed by atoms with Gasteiger partial charge in [-0.25, -0.2) is 0 Å². The lowest BCUT2D eigenvalue weighted by Crippen LogP contribution is -2.35. The number of aromatic nitrogens is 2. The van der Waals surface area contributed by atoms with E-state index in [9.17, 15) is 4.79 Å². The topological polar surface area (TPSA) is 93.4 Å². The summed E-state index contributed by atoms with van der Waals surface area (Å²) in [4.78, 5) is 23.1. The van der Waals surface area contributed by atoms with Gasteiger partial charge in [-0.05, 0) is 24.7 Å². The molecule has 0 bridgehead atoms. The van der Waals surface area contributed by atoms with Crippen LogP contribution in [0.15, 0.2) is 0 Å². The molecular formula is C17H27N5O2. The van der Waals surface area contributed by atoms with E-state index in [-0.39, 0.29) is 5.91 Å². The fourth-order valence-electron chi connectivity index (χ4n) is 3.11. The van der Waals surface area contributed by atoms with Gasteiger partial charge in [0.25, 0.3) is 0 Å². The Morgan fingerprint density at radius 2 is 2.12 bits per heavy atom. The minimum Gasteiger partial charge on any atom is -0.383 e. The van der Waals surface area contributed by atoms with Gasteiger partial charge in [-0.2, -0.15) is 9.97 Å². The maximum absolute atomic E-state index is 12.4. The zero-order valence-electron chi connectivity index (χ0n) is 14.5. The molecule has 3 heterocycles. The number of nitrogen functional groups attached to an aromatic ring is 1. The summed E-state index contributed by atoms with van der Waals surface area (Å²) in [7, 11) is 0. The second-order valence-electron chi connectivity index (χ2n) is 6.87. The van der Waals surface area contributed by atoms with E-state index in [4.69, 9.17) is 10.5 Å². The average molecular weight is 333 g/mol. The average Bonchev–Trinajstić information content (AvgIpc) is 2.90. The summed E-state index contributed by atoms with van der Waals surface area (Å²) < 4.78 is 5.40. The van der Waals surface area contributed by atoms with Crippen LogP contribution in [0.4, 0.5) is 17.6 Å². The van der Waals surface area contributed by atoms with Crippen LogP contribution in [0.3, 0.4) is 0 Å². The molecule has 1 amide bonds. The molecular weight excluding hydrogens is 306 g/mol. The maximum Gasteiger partial charge on any atom is 0.232 e. The van der Waals surface area contributed by atoms with Crippen LogP contribution >= 0.6 is 0 Å². The van der Waals surface area contributed by atoms with E-state index in [1.807, 2.05) is 0 Å². The molecule has 7 nitrogen and oxygen atoms in total. The fourth-order valence-corrected chi connectivity index (χ4v) is 3.11. The van der Waals surface area contributed by atoms with Crippen molar-refractivity contribution in [2.24, 2.45) is 11.8 Å². The highest BCUT2D eigenvalue weighted by molar-refractivity contribution is 6.01. The smallest absolute Gasteiger partial charge is 0.232 e. The molecule has 7 heteroatoms. The van der Waals surface area contributed by atoms with Gasteiger partial charge in [-0.1, -0.05) is 20.3 Å². The molecule has 1 saturated heterocycles. The van der Waals surface area contributed by atoms with Gasteiger partial charge in [-0.3, -0.25) is 9.69 Å². The van der Waals surface area contributed by atoms with Crippen molar-refractivity contribution in [2.75, 3.05) is 42.3 Å². The first-order chi connectivity index (χ1) is 11.6. The number of hydrogen-bond acceptors (Lipinski definition) is 6. The highest BCUT2D eigenvalue weighted by atomic mass is 16.5. The summed E-state index contributed by atoms with van der Waals surface area (Å²) in [5.74, 6) is 2.67. The summed E-state index contributed by atoms with van der Waals surface area (Å²) in [6.07, 6.45) is 3.36. The lowest BCUT2D eigenvalue weighted by Gasteiger charge is -2.27. The molecule has 3 rings (SSSR count). The van der Waals surface area contributed by atoms with Crippen LogP contribution in [0.1, 0.15) is 38.7 Å². The third-order valence-corrected chi connectivity index (χ3v) is 4.99. The van der Waals surface area contributed by atoms with Crippen LogP contribution in [0.25, 0.3) is 0 Å². The first-order valence-electron chi connectivity index (χ1n) is 8.86. The van der Waals surface area contributed by atoms with Gasteiger partial charge in [0, 0.05) is 31.9 Å². The van der Waals surface area contributed by atoms with Crippen LogP contribution < -0.4 is 16.0 Å². The van der Waals surface area contributed by atoms with Gasteiger partial charge in [0.2, 0.25) is 11.9 Å². The Labute approximate surface area is 143 Å². The second-order valence-corrected chi connectivity index (χ2v) is 6.87. The lowest BCUT2D eigenvalue weighted by atomic mass is 10.00. The van der Waals surface area contributed by atoms with Crippen molar-refractivity contribution >= 4 is 23.5 Å². The summed E-state index contributed by atoms with van der Waals surface area (Å²) in [5, 5.41) is 3.24. The van der Waals surface area contributed by atoms with Crippen molar-refractivity contribution in [1.82, 2.24) is 9.97 Å². The number of fused-ring (bicyclic) bond motifs is 1. The number of anilines is 3. The molecule has 1 aromatic heterocycles. The molecule has 1 atom stereocenters. The fraction of sp³-hybridized carbons (Fsp3) is 0.706. The van der Waals surface area contributed by atoms with E-state index in [1.165, 1.54) is 0 Å². The summed E-state index contributed by atoms with van der Waals surface area (Å²) >= 11 is 0. The molecule has 24 heavy (non-hydrogen) atoms. The van der Waals surface area contributed by atoms with Gasteiger partial charge in [-0.15, -0.1) is 0 Å². The van der Waals surface area contributed by atoms with Crippen molar-refractivity contribution < 1.29 is 9.53 Å². The van der Waals surface area contributed by atoms with E-state index in [0.29, 0.717) is 42.4 Å². The zero-order chi connectivity index (χ0) is 17.1. The zero-order valence-corrected chi connectivity index (χ0v) is 14.5. The molecule has 0 aliphatic carbocycles. The minimum absolute atomic E-state index is 0.0663. The molecule has 0 spiro atoms. The number of amides is 1. The number of hydrogen-bond donors (Lipinski definition) is 2. The quantitative estimate of drug-likeness (QED) is 0.825. The van der Waals surface area contributed by atoms with Crippen molar-refractivity contribution in [3.05, 3.63) is 5.56 Å².